The molecule has 0 atom stereocenters. The number of thiophene rings is 1. The van der Waals surface area contributed by atoms with Crippen molar-refractivity contribution in [2.24, 2.45) is 0 Å². The zero-order valence-corrected chi connectivity index (χ0v) is 31.5. The Balaban J connectivity index is 0.000000224. The number of rotatable bonds is 7. The predicted octanol–water partition coefficient (Wildman–Crippen LogP) is 12.9. The molecule has 0 fully saturated rings. The van der Waals surface area contributed by atoms with Gasteiger partial charge in [0.05, 0.1) is 33.3 Å². The fourth-order valence-corrected chi connectivity index (χ4v) is 8.70. The zero-order chi connectivity index (χ0) is 35.5. The molecule has 0 amide bonds. The van der Waals surface area contributed by atoms with Crippen LogP contribution in [-0.4, -0.2) is 24.9 Å². The van der Waals surface area contributed by atoms with Gasteiger partial charge in [0.2, 0.25) is 0 Å². The summed E-state index contributed by atoms with van der Waals surface area (Å²) in [5.74, 6) is 0. The number of allylic oxidation sites excluding steroid dienone is 4. The number of fused-ring (bicyclic) bond motifs is 9. The average Bonchev–Trinajstić information content (AvgIpc) is 3.98. The maximum absolute atomic E-state index is 5.22. The first-order valence-corrected chi connectivity index (χ1v) is 19.4. The summed E-state index contributed by atoms with van der Waals surface area (Å²) in [6.07, 6.45) is 7.68. The third-order valence-corrected chi connectivity index (χ3v) is 11.2. The van der Waals surface area contributed by atoms with Crippen molar-refractivity contribution in [3.63, 3.8) is 0 Å². The van der Waals surface area contributed by atoms with Crippen molar-refractivity contribution >= 4 is 65.8 Å². The molecule has 5 nitrogen and oxygen atoms in total. The second-order valence-electron chi connectivity index (χ2n) is 13.0. The smallest absolute Gasteiger partial charge is 0.0802 e. The molecule has 8 rings (SSSR count). The average molecular weight is 690 g/mol. The van der Waals surface area contributed by atoms with Crippen molar-refractivity contribution < 1.29 is 0 Å². The van der Waals surface area contributed by atoms with Crippen LogP contribution in [0.25, 0.3) is 65.0 Å². The number of benzene rings is 1. The lowest BCUT2D eigenvalue weighted by atomic mass is 9.98. The Kier molecular flexibility index (Phi) is 10.1. The van der Waals surface area contributed by atoms with E-state index in [0.717, 1.165) is 78.0 Å². The summed E-state index contributed by atoms with van der Waals surface area (Å²) in [4.78, 5) is 23.3. The summed E-state index contributed by atoms with van der Waals surface area (Å²) >= 11 is 1.79. The number of aryl methyl sites for hydroxylation is 2. The Hall–Kier alpha value is -5.07. The van der Waals surface area contributed by atoms with Crippen LogP contribution in [0.3, 0.4) is 0 Å². The molecule has 2 aliphatic heterocycles. The molecule has 6 aromatic rings. The Morgan fingerprint density at radius 1 is 0.490 bits per heavy atom. The molecule has 0 unspecified atom stereocenters. The van der Waals surface area contributed by atoms with Gasteiger partial charge in [-0.25, -0.2) is 9.97 Å². The molecule has 0 saturated carbocycles. The molecule has 258 valence electrons. The lowest BCUT2D eigenvalue weighted by Crippen LogP contribution is -1.86. The lowest BCUT2D eigenvalue weighted by Gasteiger charge is -2.04. The highest BCUT2D eigenvalue weighted by Gasteiger charge is 2.22. The SMILES string of the molecule is CCC1=C(CC)c2cc3ccc(cc4[nH]c(cc5nc(cc1n2)C(CC)=C5CC)c(CC)c4CC)[nH]3.c1ccc(-c2cc3ccccc3s2)nc1. The van der Waals surface area contributed by atoms with E-state index in [-0.39, 0.29) is 0 Å². The monoisotopic (exact) mass is 689 g/mol. The summed E-state index contributed by atoms with van der Waals surface area (Å²) < 4.78 is 1.32. The third kappa shape index (κ3) is 6.73. The van der Waals surface area contributed by atoms with Gasteiger partial charge >= 0.3 is 0 Å². The van der Waals surface area contributed by atoms with Crippen molar-refractivity contribution in [3.8, 4) is 10.6 Å². The van der Waals surface area contributed by atoms with E-state index in [0.29, 0.717) is 0 Å². The van der Waals surface area contributed by atoms with Crippen molar-refractivity contribution in [3.05, 3.63) is 125 Å². The highest BCUT2D eigenvalue weighted by molar-refractivity contribution is 7.22. The first-order valence-electron chi connectivity index (χ1n) is 18.6. The molecule has 0 saturated heterocycles. The number of H-pyrrole nitrogens is 2. The van der Waals surface area contributed by atoms with Gasteiger partial charge in [-0.15, -0.1) is 11.3 Å². The minimum absolute atomic E-state index is 0.964. The number of aromatic nitrogens is 5. The molecule has 2 N–H and O–H groups in total. The van der Waals surface area contributed by atoms with Gasteiger partial charge in [-0.3, -0.25) is 4.98 Å². The van der Waals surface area contributed by atoms with Gasteiger partial charge in [0.1, 0.15) is 0 Å². The number of nitrogens with one attached hydrogen (secondary N) is 2. The molecule has 0 aliphatic carbocycles. The van der Waals surface area contributed by atoms with E-state index in [1.807, 2.05) is 24.4 Å². The van der Waals surface area contributed by atoms with E-state index >= 15 is 0 Å². The summed E-state index contributed by atoms with van der Waals surface area (Å²) in [7, 11) is 0. The van der Waals surface area contributed by atoms with Crippen LogP contribution in [0.15, 0.2) is 91.1 Å². The summed E-state index contributed by atoms with van der Waals surface area (Å²) in [6, 6.07) is 29.9. The highest BCUT2D eigenvalue weighted by atomic mass is 32.1. The molecule has 6 heteroatoms. The van der Waals surface area contributed by atoms with Gasteiger partial charge in [-0.1, -0.05) is 65.8 Å². The maximum atomic E-state index is 5.22. The first kappa shape index (κ1) is 34.4. The summed E-state index contributed by atoms with van der Waals surface area (Å²) in [6.45, 7) is 13.4. The van der Waals surface area contributed by atoms with Crippen LogP contribution in [0.4, 0.5) is 0 Å². The molecular formula is C45H47N5S. The Labute approximate surface area is 305 Å². The van der Waals surface area contributed by atoms with Crippen molar-refractivity contribution in [1.29, 1.82) is 0 Å². The van der Waals surface area contributed by atoms with Gasteiger partial charge in [-0.2, -0.15) is 0 Å². The fourth-order valence-electron chi connectivity index (χ4n) is 7.66. The van der Waals surface area contributed by atoms with E-state index in [2.05, 4.69) is 123 Å². The van der Waals surface area contributed by atoms with E-state index in [1.165, 1.54) is 59.4 Å². The van der Waals surface area contributed by atoms with Crippen LogP contribution in [0.2, 0.25) is 0 Å². The lowest BCUT2D eigenvalue weighted by molar-refractivity contribution is 1.07. The summed E-state index contributed by atoms with van der Waals surface area (Å²) in [5.41, 5.74) is 18.1. The van der Waals surface area contributed by atoms with Crippen LogP contribution < -0.4 is 0 Å². The largest absolute Gasteiger partial charge is 0.355 e. The molecule has 7 heterocycles. The van der Waals surface area contributed by atoms with Crippen LogP contribution >= 0.6 is 11.3 Å². The molecule has 2 aliphatic rings. The van der Waals surface area contributed by atoms with Crippen LogP contribution in [0.1, 0.15) is 101 Å². The Morgan fingerprint density at radius 3 is 1.61 bits per heavy atom. The minimum atomic E-state index is 0.964. The quantitative estimate of drug-likeness (QED) is 0.175. The molecule has 5 aromatic heterocycles. The molecule has 1 aromatic carbocycles. The molecule has 8 bridgehead atoms. The van der Waals surface area contributed by atoms with Crippen LogP contribution in [0.5, 0.6) is 0 Å². The van der Waals surface area contributed by atoms with Crippen molar-refractivity contribution in [2.75, 3.05) is 0 Å². The van der Waals surface area contributed by atoms with E-state index in [1.54, 1.807) is 11.3 Å². The number of pyridine rings is 1. The highest BCUT2D eigenvalue weighted by Crippen LogP contribution is 2.39. The van der Waals surface area contributed by atoms with E-state index in [4.69, 9.17) is 9.97 Å². The van der Waals surface area contributed by atoms with Gasteiger partial charge in [0.15, 0.2) is 0 Å². The summed E-state index contributed by atoms with van der Waals surface area (Å²) in [5, 5.41) is 1.29. The minimum Gasteiger partial charge on any atom is -0.355 e. The predicted molar refractivity (Wildman–Crippen MR) is 220 cm³/mol. The van der Waals surface area contributed by atoms with Crippen molar-refractivity contribution in [1.82, 2.24) is 24.9 Å². The van der Waals surface area contributed by atoms with Gasteiger partial charge in [-0.05, 0) is 138 Å². The van der Waals surface area contributed by atoms with E-state index in [9.17, 15) is 0 Å². The second-order valence-corrected chi connectivity index (χ2v) is 14.1. The molecule has 51 heavy (non-hydrogen) atoms. The molecular weight excluding hydrogens is 643 g/mol. The molecule has 0 radical (unpaired) electrons. The van der Waals surface area contributed by atoms with E-state index < -0.39 is 0 Å². The second kappa shape index (κ2) is 15.0. The van der Waals surface area contributed by atoms with Crippen LogP contribution in [0, 0.1) is 0 Å². The van der Waals surface area contributed by atoms with Crippen molar-refractivity contribution in [2.45, 2.75) is 80.1 Å². The van der Waals surface area contributed by atoms with Gasteiger partial charge in [0, 0.05) is 33.0 Å². The normalized spacial score (nSPS) is 12.8. The molecule has 0 spiro atoms. The third-order valence-electron chi connectivity index (χ3n) is 10.1. The number of hydrogen-bond donors (Lipinski definition) is 2. The van der Waals surface area contributed by atoms with Gasteiger partial charge in [0.25, 0.3) is 0 Å². The fraction of sp³-hybridized carbons (Fsp3) is 0.267. The number of hydrogen-bond acceptors (Lipinski definition) is 4. The standard InChI is InChI=1S/C32H38N4.C13H9NS/c1-7-21-23(9-3)29-17-31-25(11-5)26(12-6)32(36-31)18-30-24(10-4)22(8-2)28(35-30)16-20-14-13-19(33-20)15-27(21)34-29;1-2-7-12-10(5-1)9-13(15-12)11-6-3-4-8-14-11/h13-18,33-34H,7-12H2,1-6H3;1-9H. The van der Waals surface area contributed by atoms with Gasteiger partial charge < -0.3 is 9.97 Å². The topological polar surface area (TPSA) is 70.2 Å². The Bertz CT molecular complexity index is 2400. The first-order chi connectivity index (χ1) is 25.0. The number of nitrogens with zero attached hydrogens (tertiary/aromatic N) is 3. The zero-order valence-electron chi connectivity index (χ0n) is 30.7. The van der Waals surface area contributed by atoms with Crippen LogP contribution in [-0.2, 0) is 12.8 Å². The number of aromatic amines is 2. The Morgan fingerprint density at radius 2 is 1.04 bits per heavy atom. The maximum Gasteiger partial charge on any atom is 0.0802 e.